The van der Waals surface area contributed by atoms with Gasteiger partial charge in [0.1, 0.15) is 5.82 Å². The largest absolute Gasteiger partial charge is 0.353 e. The normalized spacial score (nSPS) is 10.6. The molecule has 0 aliphatic carbocycles. The molecule has 0 aliphatic rings. The van der Waals surface area contributed by atoms with Crippen molar-refractivity contribution in [3.8, 4) is 0 Å². The second-order valence-electron chi connectivity index (χ2n) is 3.53. The van der Waals surface area contributed by atoms with Gasteiger partial charge in [-0.05, 0) is 19.8 Å². The number of hydrogen-bond acceptors (Lipinski definition) is 3. The van der Waals surface area contributed by atoms with Crippen molar-refractivity contribution in [3.63, 3.8) is 0 Å². The molecular formula is C10H17N3O2. The number of aromatic nitrogens is 3. The van der Waals surface area contributed by atoms with Gasteiger partial charge in [0, 0.05) is 13.1 Å². The van der Waals surface area contributed by atoms with Crippen LogP contribution in [0.2, 0.25) is 0 Å². The minimum atomic E-state index is -0.438. The Morgan fingerprint density at radius 1 is 1.07 bits per heavy atom. The van der Waals surface area contributed by atoms with E-state index >= 15 is 0 Å². The van der Waals surface area contributed by atoms with Crippen LogP contribution in [0.5, 0.6) is 0 Å². The van der Waals surface area contributed by atoms with E-state index in [0.717, 1.165) is 12.8 Å². The molecule has 0 bridgehead atoms. The average molecular weight is 211 g/mol. The first-order valence-electron chi connectivity index (χ1n) is 5.30. The standard InChI is InChI=1S/C10H17N3O2/c1-4-6-12-8(3)11-9(14)13(7-5-2)10(12)15/h4-7H2,1-3H3. The Morgan fingerprint density at radius 2 is 1.60 bits per heavy atom. The first-order valence-corrected chi connectivity index (χ1v) is 5.30. The van der Waals surface area contributed by atoms with Gasteiger partial charge in [0.15, 0.2) is 0 Å². The van der Waals surface area contributed by atoms with Gasteiger partial charge in [0.05, 0.1) is 0 Å². The highest BCUT2D eigenvalue weighted by Gasteiger charge is 2.08. The first-order chi connectivity index (χ1) is 7.11. The highest BCUT2D eigenvalue weighted by molar-refractivity contribution is 4.85. The van der Waals surface area contributed by atoms with Crippen molar-refractivity contribution < 1.29 is 0 Å². The van der Waals surface area contributed by atoms with Gasteiger partial charge >= 0.3 is 11.4 Å². The van der Waals surface area contributed by atoms with E-state index < -0.39 is 5.69 Å². The summed E-state index contributed by atoms with van der Waals surface area (Å²) in [6.07, 6.45) is 1.61. The molecule has 1 rings (SSSR count). The lowest BCUT2D eigenvalue weighted by Gasteiger charge is -2.10. The topological polar surface area (TPSA) is 56.9 Å². The Labute approximate surface area is 88.4 Å². The van der Waals surface area contributed by atoms with Crippen molar-refractivity contribution in [2.45, 2.75) is 46.7 Å². The molecule has 84 valence electrons. The molecule has 1 heterocycles. The molecule has 5 heteroatoms. The summed E-state index contributed by atoms with van der Waals surface area (Å²) in [4.78, 5) is 27.2. The summed E-state index contributed by atoms with van der Waals surface area (Å²) < 4.78 is 2.75. The van der Waals surface area contributed by atoms with Crippen molar-refractivity contribution in [1.29, 1.82) is 0 Å². The summed E-state index contributed by atoms with van der Waals surface area (Å²) in [6.45, 7) is 6.65. The Bertz CT molecular complexity index is 445. The zero-order valence-corrected chi connectivity index (χ0v) is 9.49. The summed E-state index contributed by atoms with van der Waals surface area (Å²) in [5.41, 5.74) is -0.678. The zero-order chi connectivity index (χ0) is 11.4. The molecule has 5 nitrogen and oxygen atoms in total. The maximum Gasteiger partial charge on any atom is 0.353 e. The molecule has 1 aromatic rings. The lowest BCUT2D eigenvalue weighted by molar-refractivity contribution is 0.504. The molecule has 0 aliphatic heterocycles. The van der Waals surface area contributed by atoms with Crippen LogP contribution in [0.1, 0.15) is 32.5 Å². The summed E-state index contributed by atoms with van der Waals surface area (Å²) in [5.74, 6) is 0.499. The molecule has 1 aromatic heterocycles. The lowest BCUT2D eigenvalue weighted by atomic mass is 10.4. The average Bonchev–Trinajstić information content (AvgIpc) is 2.19. The number of nitrogens with zero attached hydrogens (tertiary/aromatic N) is 3. The molecule has 0 saturated heterocycles. The minimum absolute atomic E-state index is 0.240. The van der Waals surface area contributed by atoms with Gasteiger partial charge in [0.25, 0.3) is 0 Å². The second-order valence-corrected chi connectivity index (χ2v) is 3.53. The third-order valence-corrected chi connectivity index (χ3v) is 2.24. The maximum absolute atomic E-state index is 11.9. The maximum atomic E-state index is 11.9. The van der Waals surface area contributed by atoms with Crippen LogP contribution in [0.25, 0.3) is 0 Å². The van der Waals surface area contributed by atoms with E-state index in [1.165, 1.54) is 4.57 Å². The van der Waals surface area contributed by atoms with Crippen LogP contribution in [0.3, 0.4) is 0 Å². The van der Waals surface area contributed by atoms with Crippen molar-refractivity contribution in [3.05, 3.63) is 26.8 Å². The molecule has 0 N–H and O–H groups in total. The number of aryl methyl sites for hydroxylation is 1. The van der Waals surface area contributed by atoms with Crippen molar-refractivity contribution in [2.24, 2.45) is 0 Å². The van der Waals surface area contributed by atoms with E-state index in [9.17, 15) is 9.59 Å². The number of hydrogen-bond donors (Lipinski definition) is 0. The van der Waals surface area contributed by atoms with Crippen LogP contribution in [-0.4, -0.2) is 14.1 Å². The van der Waals surface area contributed by atoms with E-state index in [2.05, 4.69) is 4.98 Å². The SMILES string of the molecule is CCCn1c(C)nc(=O)n(CCC)c1=O. The summed E-state index contributed by atoms with van der Waals surface area (Å²) in [5, 5.41) is 0. The molecule has 0 spiro atoms. The van der Waals surface area contributed by atoms with E-state index in [1.807, 2.05) is 13.8 Å². The van der Waals surface area contributed by atoms with Crippen LogP contribution in [0.15, 0.2) is 9.59 Å². The van der Waals surface area contributed by atoms with Crippen LogP contribution in [0.4, 0.5) is 0 Å². The van der Waals surface area contributed by atoms with Crippen molar-refractivity contribution in [1.82, 2.24) is 14.1 Å². The fourth-order valence-electron chi connectivity index (χ4n) is 1.52. The van der Waals surface area contributed by atoms with Crippen molar-refractivity contribution >= 4 is 0 Å². The zero-order valence-electron chi connectivity index (χ0n) is 9.49. The van der Waals surface area contributed by atoms with Crippen LogP contribution < -0.4 is 11.4 Å². The molecule has 0 amide bonds. The predicted octanol–water partition coefficient (Wildman–Crippen LogP) is 0.533. The fraction of sp³-hybridized carbons (Fsp3) is 0.700. The Balaban J connectivity index is 3.36. The van der Waals surface area contributed by atoms with Crippen molar-refractivity contribution in [2.75, 3.05) is 0 Å². The van der Waals surface area contributed by atoms with Crippen LogP contribution in [-0.2, 0) is 13.1 Å². The quantitative estimate of drug-likeness (QED) is 0.730. The minimum Gasteiger partial charge on any atom is -0.282 e. The Kier molecular flexibility index (Phi) is 3.82. The van der Waals surface area contributed by atoms with Gasteiger partial charge in [-0.25, -0.2) is 14.2 Å². The smallest absolute Gasteiger partial charge is 0.282 e. The molecule has 0 saturated carbocycles. The summed E-state index contributed by atoms with van der Waals surface area (Å²) in [6, 6.07) is 0. The highest BCUT2D eigenvalue weighted by Crippen LogP contribution is 1.89. The van der Waals surface area contributed by atoms with E-state index in [0.29, 0.717) is 18.9 Å². The molecule has 15 heavy (non-hydrogen) atoms. The van der Waals surface area contributed by atoms with Gasteiger partial charge < -0.3 is 0 Å². The molecule has 0 fully saturated rings. The molecule has 0 atom stereocenters. The van der Waals surface area contributed by atoms with E-state index in [1.54, 1.807) is 11.5 Å². The Hall–Kier alpha value is -1.39. The van der Waals surface area contributed by atoms with Gasteiger partial charge in [-0.2, -0.15) is 4.98 Å². The van der Waals surface area contributed by atoms with Crippen LogP contribution >= 0.6 is 0 Å². The predicted molar refractivity (Wildman–Crippen MR) is 58.1 cm³/mol. The molecule has 0 aromatic carbocycles. The van der Waals surface area contributed by atoms with Gasteiger partial charge in [-0.15, -0.1) is 0 Å². The van der Waals surface area contributed by atoms with Gasteiger partial charge in [-0.1, -0.05) is 13.8 Å². The monoisotopic (exact) mass is 211 g/mol. The van der Waals surface area contributed by atoms with Crippen LogP contribution in [0, 0.1) is 6.92 Å². The Morgan fingerprint density at radius 3 is 2.13 bits per heavy atom. The molecule has 0 radical (unpaired) electrons. The second kappa shape index (κ2) is 4.91. The summed E-state index contributed by atoms with van der Waals surface area (Å²) >= 11 is 0. The molecule has 0 unspecified atom stereocenters. The van der Waals surface area contributed by atoms with Gasteiger partial charge in [0.2, 0.25) is 0 Å². The van der Waals surface area contributed by atoms with Gasteiger partial charge in [-0.3, -0.25) is 4.57 Å². The number of rotatable bonds is 4. The lowest BCUT2D eigenvalue weighted by Crippen LogP contribution is -2.42. The molecular weight excluding hydrogens is 194 g/mol. The highest BCUT2D eigenvalue weighted by atomic mass is 16.2. The summed E-state index contributed by atoms with van der Waals surface area (Å²) in [7, 11) is 0. The first kappa shape index (κ1) is 11.7. The van der Waals surface area contributed by atoms with E-state index in [4.69, 9.17) is 0 Å². The third-order valence-electron chi connectivity index (χ3n) is 2.24. The third kappa shape index (κ3) is 2.34. The fourth-order valence-corrected chi connectivity index (χ4v) is 1.52. The van der Waals surface area contributed by atoms with E-state index in [-0.39, 0.29) is 5.69 Å².